The minimum Gasteiger partial charge on any atom is -0.353 e. The van der Waals surface area contributed by atoms with E-state index in [2.05, 4.69) is 18.1 Å². The summed E-state index contributed by atoms with van der Waals surface area (Å²) in [5, 5.41) is 8.74. The maximum Gasteiger partial charge on any atom is 0.256 e. The van der Waals surface area contributed by atoms with Crippen molar-refractivity contribution < 1.29 is 9.18 Å². The van der Waals surface area contributed by atoms with Gasteiger partial charge in [-0.1, -0.05) is 13.2 Å². The molecular weight excluding hydrogens is 271 g/mol. The van der Waals surface area contributed by atoms with Gasteiger partial charge in [0.15, 0.2) is 0 Å². The molecule has 5 nitrogen and oxygen atoms in total. The minimum absolute atomic E-state index is 0.194. The number of carbonyl (C=O) groups is 1. The van der Waals surface area contributed by atoms with Gasteiger partial charge < -0.3 is 9.80 Å². The van der Waals surface area contributed by atoms with Crippen LogP contribution in [0.3, 0.4) is 0 Å². The van der Waals surface area contributed by atoms with Crippen molar-refractivity contribution in [3.8, 4) is 6.07 Å². The third-order valence-electron chi connectivity index (χ3n) is 3.35. The Morgan fingerprint density at radius 2 is 1.95 bits per heavy atom. The molecule has 108 valence electrons. The molecule has 0 atom stereocenters. The van der Waals surface area contributed by atoms with Crippen LogP contribution in [-0.2, 0) is 4.79 Å². The van der Waals surface area contributed by atoms with E-state index in [1.165, 1.54) is 6.20 Å². The van der Waals surface area contributed by atoms with Gasteiger partial charge in [0.05, 0.1) is 11.1 Å². The Kier molecular flexibility index (Phi) is 4.33. The summed E-state index contributed by atoms with van der Waals surface area (Å²) in [5.74, 6) is -0.457. The zero-order valence-corrected chi connectivity index (χ0v) is 11.5. The highest BCUT2D eigenvalue weighted by Gasteiger charge is 2.24. The molecule has 0 unspecified atom stereocenters. The van der Waals surface area contributed by atoms with Crippen molar-refractivity contribution in [3.63, 3.8) is 0 Å². The summed E-state index contributed by atoms with van der Waals surface area (Å²) in [5.41, 5.74) is 0.310. The summed E-state index contributed by atoms with van der Waals surface area (Å²) in [6, 6.07) is 5.49. The van der Waals surface area contributed by atoms with Crippen LogP contribution in [0.5, 0.6) is 0 Å². The van der Waals surface area contributed by atoms with Crippen LogP contribution in [0.15, 0.2) is 42.9 Å². The van der Waals surface area contributed by atoms with E-state index >= 15 is 0 Å². The van der Waals surface area contributed by atoms with Crippen LogP contribution in [0.4, 0.5) is 10.2 Å². The molecule has 0 saturated carbocycles. The molecule has 1 amide bonds. The molecular formula is C15H15FN4O. The first-order valence-corrected chi connectivity index (χ1v) is 6.47. The lowest BCUT2D eigenvalue weighted by Crippen LogP contribution is -2.49. The highest BCUT2D eigenvalue weighted by atomic mass is 19.1. The standard InChI is InChI=1S/C15H15FN4O/c1-11(12(2)16)15(21)20-7-5-19(6-8-20)14-4-3-13(9-17)10-18-14/h3-4,10H,1-2,5-8H2. The van der Waals surface area contributed by atoms with E-state index in [9.17, 15) is 9.18 Å². The molecule has 6 heteroatoms. The third-order valence-corrected chi connectivity index (χ3v) is 3.35. The summed E-state index contributed by atoms with van der Waals surface area (Å²) in [6.45, 7) is 8.61. The number of aromatic nitrogens is 1. The number of carbonyl (C=O) groups excluding carboxylic acids is 1. The van der Waals surface area contributed by atoms with E-state index in [4.69, 9.17) is 5.26 Å². The molecule has 0 bridgehead atoms. The van der Waals surface area contributed by atoms with Crippen LogP contribution in [0.1, 0.15) is 5.56 Å². The monoisotopic (exact) mass is 286 g/mol. The van der Waals surface area contributed by atoms with Crippen LogP contribution in [0.2, 0.25) is 0 Å². The Morgan fingerprint density at radius 1 is 1.29 bits per heavy atom. The minimum atomic E-state index is -0.795. The van der Waals surface area contributed by atoms with Gasteiger partial charge in [-0.15, -0.1) is 0 Å². The number of piperazine rings is 1. The van der Waals surface area contributed by atoms with Crippen molar-refractivity contribution in [3.05, 3.63) is 48.5 Å². The quantitative estimate of drug-likeness (QED) is 0.626. The first kappa shape index (κ1) is 14.7. The first-order chi connectivity index (χ1) is 10.0. The van der Waals surface area contributed by atoms with Crippen LogP contribution in [-0.4, -0.2) is 42.0 Å². The number of nitriles is 1. The Morgan fingerprint density at radius 3 is 2.43 bits per heavy atom. The molecule has 1 aromatic heterocycles. The van der Waals surface area contributed by atoms with Gasteiger partial charge >= 0.3 is 0 Å². The molecule has 0 aliphatic carbocycles. The normalized spacial score (nSPS) is 14.5. The molecule has 1 saturated heterocycles. The fourth-order valence-corrected chi connectivity index (χ4v) is 2.08. The lowest BCUT2D eigenvalue weighted by Gasteiger charge is -2.35. The maximum atomic E-state index is 12.9. The zero-order valence-electron chi connectivity index (χ0n) is 11.5. The first-order valence-electron chi connectivity index (χ1n) is 6.47. The van der Waals surface area contributed by atoms with Gasteiger partial charge in [-0.2, -0.15) is 5.26 Å². The molecule has 2 rings (SSSR count). The summed E-state index contributed by atoms with van der Waals surface area (Å²) in [6.07, 6.45) is 1.52. The SMILES string of the molecule is C=C(F)C(=C)C(=O)N1CCN(c2ccc(C#N)cn2)CC1. The van der Waals surface area contributed by atoms with E-state index in [-0.39, 0.29) is 5.57 Å². The van der Waals surface area contributed by atoms with Crippen molar-refractivity contribution >= 4 is 11.7 Å². The number of amides is 1. The number of nitrogens with zero attached hydrogens (tertiary/aromatic N) is 4. The van der Waals surface area contributed by atoms with Gasteiger partial charge in [-0.05, 0) is 12.1 Å². The molecule has 1 aliphatic rings. The molecule has 0 N–H and O–H groups in total. The third kappa shape index (κ3) is 3.26. The van der Waals surface area contributed by atoms with Crippen LogP contribution >= 0.6 is 0 Å². The van der Waals surface area contributed by atoms with Crippen molar-refractivity contribution in [2.45, 2.75) is 0 Å². The van der Waals surface area contributed by atoms with E-state index in [0.29, 0.717) is 31.7 Å². The van der Waals surface area contributed by atoms with Crippen LogP contribution in [0, 0.1) is 11.3 Å². The van der Waals surface area contributed by atoms with E-state index in [1.54, 1.807) is 17.0 Å². The van der Waals surface area contributed by atoms with Crippen molar-refractivity contribution in [1.82, 2.24) is 9.88 Å². The maximum absolute atomic E-state index is 12.9. The van der Waals surface area contributed by atoms with Crippen molar-refractivity contribution in [2.24, 2.45) is 0 Å². The second-order valence-corrected chi connectivity index (χ2v) is 4.68. The number of hydrogen-bond acceptors (Lipinski definition) is 4. The molecule has 1 aliphatic heterocycles. The van der Waals surface area contributed by atoms with Gasteiger partial charge in [-0.3, -0.25) is 4.79 Å². The lowest BCUT2D eigenvalue weighted by atomic mass is 10.2. The molecule has 1 fully saturated rings. The number of halogens is 1. The predicted molar refractivity (Wildman–Crippen MR) is 77.1 cm³/mol. The highest BCUT2D eigenvalue weighted by molar-refractivity contribution is 5.96. The molecule has 0 spiro atoms. The van der Waals surface area contributed by atoms with Gasteiger partial charge in [0.2, 0.25) is 0 Å². The summed E-state index contributed by atoms with van der Waals surface area (Å²) in [4.78, 5) is 19.7. The summed E-state index contributed by atoms with van der Waals surface area (Å²) >= 11 is 0. The van der Waals surface area contributed by atoms with E-state index in [1.807, 2.05) is 11.0 Å². The van der Waals surface area contributed by atoms with Gasteiger partial charge in [0, 0.05) is 32.4 Å². The zero-order chi connectivity index (χ0) is 15.4. The smallest absolute Gasteiger partial charge is 0.256 e. The van der Waals surface area contributed by atoms with Crippen LogP contribution < -0.4 is 4.90 Å². The molecule has 21 heavy (non-hydrogen) atoms. The van der Waals surface area contributed by atoms with Crippen molar-refractivity contribution in [1.29, 1.82) is 5.26 Å². The molecule has 1 aromatic rings. The topological polar surface area (TPSA) is 60.2 Å². The average molecular weight is 286 g/mol. The van der Waals surface area contributed by atoms with Gasteiger partial charge in [0.1, 0.15) is 17.7 Å². The van der Waals surface area contributed by atoms with E-state index < -0.39 is 11.7 Å². The highest BCUT2D eigenvalue weighted by Crippen LogP contribution is 2.16. The largest absolute Gasteiger partial charge is 0.353 e. The number of rotatable bonds is 3. The fraction of sp³-hybridized carbons (Fsp3) is 0.267. The summed E-state index contributed by atoms with van der Waals surface area (Å²) < 4.78 is 12.9. The van der Waals surface area contributed by atoms with E-state index in [0.717, 1.165) is 5.82 Å². The van der Waals surface area contributed by atoms with Crippen molar-refractivity contribution in [2.75, 3.05) is 31.1 Å². The Labute approximate surface area is 122 Å². The Bertz CT molecular complexity index is 610. The molecule has 0 radical (unpaired) electrons. The number of pyridine rings is 1. The Hall–Kier alpha value is -2.68. The second-order valence-electron chi connectivity index (χ2n) is 4.68. The number of hydrogen-bond donors (Lipinski definition) is 0. The number of anilines is 1. The second kappa shape index (κ2) is 6.18. The fourth-order valence-electron chi connectivity index (χ4n) is 2.08. The summed E-state index contributed by atoms with van der Waals surface area (Å²) in [7, 11) is 0. The predicted octanol–water partition coefficient (Wildman–Crippen LogP) is 1.64. The van der Waals surface area contributed by atoms with Crippen LogP contribution in [0.25, 0.3) is 0 Å². The molecule has 2 heterocycles. The average Bonchev–Trinajstić information content (AvgIpc) is 2.53. The van der Waals surface area contributed by atoms with Gasteiger partial charge in [0.25, 0.3) is 5.91 Å². The lowest BCUT2D eigenvalue weighted by molar-refractivity contribution is -0.127. The molecule has 0 aromatic carbocycles. The van der Waals surface area contributed by atoms with Gasteiger partial charge in [-0.25, -0.2) is 9.37 Å². The Balaban J connectivity index is 1.97.